The van der Waals surface area contributed by atoms with Gasteiger partial charge >= 0.3 is 5.97 Å². The first-order valence-corrected chi connectivity index (χ1v) is 5.44. The van der Waals surface area contributed by atoms with Gasteiger partial charge in [0.25, 0.3) is 0 Å². The van der Waals surface area contributed by atoms with Crippen molar-refractivity contribution >= 4 is 18.0 Å². The average molecular weight is 264 g/mol. The third-order valence-corrected chi connectivity index (χ3v) is 2.72. The number of carbonyl (C=O) groups excluding carboxylic acids is 1. The number of amides is 1. The Labute approximate surface area is 108 Å². The van der Waals surface area contributed by atoms with Crippen LogP contribution < -0.4 is 16.1 Å². The number of nitrogens with one attached hydrogen (secondary N) is 1. The third-order valence-electron chi connectivity index (χ3n) is 2.72. The summed E-state index contributed by atoms with van der Waals surface area (Å²) in [5.74, 6) is -3.49. The van der Waals surface area contributed by atoms with Gasteiger partial charge in [0.05, 0.1) is 5.70 Å². The van der Waals surface area contributed by atoms with E-state index in [1.54, 1.807) is 24.3 Å². The molecule has 2 rings (SSSR count). The van der Waals surface area contributed by atoms with Crippen LogP contribution >= 0.6 is 0 Å². The molecule has 7 nitrogen and oxygen atoms in total. The Morgan fingerprint density at radius 1 is 1.32 bits per heavy atom. The Kier molecular flexibility index (Phi) is 3.39. The summed E-state index contributed by atoms with van der Waals surface area (Å²) in [4.78, 5) is 27.3. The molecule has 1 heterocycles. The quantitative estimate of drug-likeness (QED) is 0.580. The molecule has 1 aliphatic heterocycles. The number of carboxylic acid groups (broad SMARTS) is 1. The predicted octanol–water partition coefficient (Wildman–Crippen LogP) is -0.529. The normalized spacial score (nSPS) is 16.2. The summed E-state index contributed by atoms with van der Waals surface area (Å²) >= 11 is 0. The summed E-state index contributed by atoms with van der Waals surface area (Å²) in [5.41, 5.74) is 8.02. The minimum absolute atomic E-state index is 0.0532. The van der Waals surface area contributed by atoms with E-state index in [0.717, 1.165) is 0 Å². The van der Waals surface area contributed by atoms with E-state index in [4.69, 9.17) is 15.7 Å². The van der Waals surface area contributed by atoms with Gasteiger partial charge in [-0.25, -0.2) is 5.48 Å². The number of benzene rings is 1. The lowest BCUT2D eigenvalue weighted by Crippen LogP contribution is -2.44. The number of nitrogens with two attached hydrogens (primary N) is 1. The molecular weight excluding hydrogens is 252 g/mol. The molecule has 1 aliphatic rings. The van der Waals surface area contributed by atoms with Crippen LogP contribution in [0.1, 0.15) is 5.56 Å². The van der Waals surface area contributed by atoms with Gasteiger partial charge in [0, 0.05) is 5.56 Å². The molecule has 0 aromatic heterocycles. The zero-order valence-corrected chi connectivity index (χ0v) is 9.74. The first kappa shape index (κ1) is 12.9. The molecule has 0 saturated heterocycles. The van der Waals surface area contributed by atoms with Crippen LogP contribution in [0.4, 0.5) is 0 Å². The van der Waals surface area contributed by atoms with Gasteiger partial charge in [-0.2, -0.15) is 0 Å². The topological polar surface area (TPSA) is 122 Å². The van der Waals surface area contributed by atoms with Crippen LogP contribution in [0.15, 0.2) is 30.0 Å². The Balaban J connectivity index is 2.37. The van der Waals surface area contributed by atoms with E-state index >= 15 is 0 Å². The summed E-state index contributed by atoms with van der Waals surface area (Å²) in [6.45, 7) is 0. The van der Waals surface area contributed by atoms with Gasteiger partial charge in [-0.15, -0.1) is 0 Å². The summed E-state index contributed by atoms with van der Waals surface area (Å²) < 4.78 is 0. The van der Waals surface area contributed by atoms with Gasteiger partial charge in [-0.1, -0.05) is 18.2 Å². The van der Waals surface area contributed by atoms with Crippen molar-refractivity contribution in [3.8, 4) is 5.75 Å². The zero-order chi connectivity index (χ0) is 14.0. The summed E-state index contributed by atoms with van der Waals surface area (Å²) in [7, 11) is 0. The minimum Gasteiger partial charge on any atom is -0.481 e. The number of hydrogen-bond acceptors (Lipinski definition) is 5. The zero-order valence-electron chi connectivity index (χ0n) is 9.74. The third kappa shape index (κ3) is 2.50. The minimum atomic E-state index is -1.84. The largest absolute Gasteiger partial charge is 0.481 e. The Morgan fingerprint density at radius 3 is 2.63 bits per heavy atom. The highest BCUT2D eigenvalue weighted by atomic mass is 16.6. The van der Waals surface area contributed by atoms with Gasteiger partial charge < -0.3 is 20.8 Å². The van der Waals surface area contributed by atoms with Crippen LogP contribution in [0.3, 0.4) is 0 Å². The molecule has 2 unspecified atom stereocenters. The Hall–Kier alpha value is -2.54. The summed E-state index contributed by atoms with van der Waals surface area (Å²) in [5, 5.41) is 18.7. The molecule has 7 heteroatoms. The fourth-order valence-corrected chi connectivity index (χ4v) is 1.76. The number of primary amides is 1. The molecule has 0 spiro atoms. The number of carboxylic acids is 1. The summed E-state index contributed by atoms with van der Waals surface area (Å²) in [6.07, 6.45) is -0.353. The van der Waals surface area contributed by atoms with E-state index in [9.17, 15) is 14.7 Å². The first-order chi connectivity index (χ1) is 9.00. The number of aliphatic hydroxyl groups is 1. The lowest BCUT2D eigenvalue weighted by molar-refractivity contribution is -0.148. The van der Waals surface area contributed by atoms with Crippen molar-refractivity contribution in [3.63, 3.8) is 0 Å². The molecule has 0 saturated carbocycles. The monoisotopic (exact) mass is 264 g/mol. The van der Waals surface area contributed by atoms with Gasteiger partial charge in [0.15, 0.2) is 11.9 Å². The van der Waals surface area contributed by atoms with Crippen LogP contribution in [0, 0.1) is 5.92 Å². The predicted molar refractivity (Wildman–Crippen MR) is 64.5 cm³/mol. The molecule has 1 aromatic carbocycles. The number of rotatable bonds is 4. The second-order valence-electron chi connectivity index (χ2n) is 4.00. The van der Waals surface area contributed by atoms with Crippen LogP contribution in [0.5, 0.6) is 5.75 Å². The van der Waals surface area contributed by atoms with Crippen molar-refractivity contribution in [2.24, 2.45) is 11.7 Å². The van der Waals surface area contributed by atoms with Gasteiger partial charge in [0.1, 0.15) is 5.92 Å². The molecule has 2 atom stereocenters. The second-order valence-corrected chi connectivity index (χ2v) is 4.00. The molecule has 5 N–H and O–H groups in total. The molecule has 0 radical (unpaired) electrons. The van der Waals surface area contributed by atoms with E-state index in [1.807, 2.05) is 0 Å². The van der Waals surface area contributed by atoms with Crippen LogP contribution in [-0.2, 0) is 9.59 Å². The fourth-order valence-electron chi connectivity index (χ4n) is 1.76. The lowest BCUT2D eigenvalue weighted by Gasteiger charge is -2.24. The smallest absolute Gasteiger partial charge is 0.315 e. The lowest BCUT2D eigenvalue weighted by atomic mass is 9.96. The van der Waals surface area contributed by atoms with Crippen LogP contribution in [0.25, 0.3) is 6.08 Å². The molecule has 100 valence electrons. The molecule has 1 amide bonds. The second kappa shape index (κ2) is 4.99. The number of para-hydroxylation sites is 1. The SMILES string of the molecule is NC(=O)C(O)C(C(=O)O)C1=Cc2ccccc2ON1. The number of aliphatic hydroxyl groups excluding tert-OH is 1. The fraction of sp³-hybridized carbons (Fsp3) is 0.167. The van der Waals surface area contributed by atoms with Crippen molar-refractivity contribution in [2.75, 3.05) is 0 Å². The van der Waals surface area contributed by atoms with Gasteiger partial charge in [-0.3, -0.25) is 9.59 Å². The van der Waals surface area contributed by atoms with Crippen LogP contribution in [-0.4, -0.2) is 28.2 Å². The van der Waals surface area contributed by atoms with E-state index in [1.165, 1.54) is 6.08 Å². The van der Waals surface area contributed by atoms with Gasteiger partial charge in [-0.05, 0) is 12.1 Å². The molecule has 0 bridgehead atoms. The van der Waals surface area contributed by atoms with Gasteiger partial charge in [0.2, 0.25) is 5.91 Å². The maximum absolute atomic E-state index is 11.2. The molecule has 1 aromatic rings. The van der Waals surface area contributed by atoms with E-state index in [0.29, 0.717) is 11.3 Å². The maximum Gasteiger partial charge on any atom is 0.315 e. The van der Waals surface area contributed by atoms with E-state index in [2.05, 4.69) is 5.48 Å². The molecule has 19 heavy (non-hydrogen) atoms. The highest BCUT2D eigenvalue weighted by Crippen LogP contribution is 2.27. The highest BCUT2D eigenvalue weighted by molar-refractivity contribution is 5.88. The first-order valence-electron chi connectivity index (χ1n) is 5.44. The number of hydrogen-bond donors (Lipinski definition) is 4. The van der Waals surface area contributed by atoms with Crippen molar-refractivity contribution < 1.29 is 24.6 Å². The van der Waals surface area contributed by atoms with Crippen molar-refractivity contribution in [2.45, 2.75) is 6.10 Å². The number of carbonyl (C=O) groups is 2. The molecule has 0 fully saturated rings. The number of aliphatic carboxylic acids is 1. The summed E-state index contributed by atoms with van der Waals surface area (Å²) in [6, 6.07) is 6.91. The Bertz CT molecular complexity index is 555. The van der Waals surface area contributed by atoms with Crippen molar-refractivity contribution in [1.82, 2.24) is 5.48 Å². The van der Waals surface area contributed by atoms with E-state index < -0.39 is 23.9 Å². The van der Waals surface area contributed by atoms with Crippen molar-refractivity contribution in [3.05, 3.63) is 35.5 Å². The average Bonchev–Trinajstić information content (AvgIpc) is 2.38. The molecular formula is C12H12N2O5. The molecule has 0 aliphatic carbocycles. The maximum atomic E-state index is 11.2. The highest BCUT2D eigenvalue weighted by Gasteiger charge is 2.35. The number of fused-ring (bicyclic) bond motifs is 1. The van der Waals surface area contributed by atoms with Crippen molar-refractivity contribution in [1.29, 1.82) is 0 Å². The standard InChI is InChI=1S/C12H12N2O5/c13-11(16)10(15)9(12(17)18)7-5-6-3-1-2-4-8(6)19-14-7/h1-5,9-10,14-15H,(H2,13,16)(H,17,18). The van der Waals surface area contributed by atoms with E-state index in [-0.39, 0.29) is 5.70 Å². The van der Waals surface area contributed by atoms with Crippen LogP contribution in [0.2, 0.25) is 0 Å². The Morgan fingerprint density at radius 2 is 2.00 bits per heavy atom. The number of hydroxylamine groups is 1.